The van der Waals surface area contributed by atoms with E-state index in [2.05, 4.69) is 0 Å². The molecule has 0 amide bonds. The molecule has 0 heterocycles. The van der Waals surface area contributed by atoms with Gasteiger partial charge in [-0.25, -0.2) is 16.8 Å². The average Bonchev–Trinajstić information content (AvgIpc) is 2.24. The van der Waals surface area contributed by atoms with Crippen molar-refractivity contribution < 1.29 is 43.2 Å². The highest BCUT2D eigenvalue weighted by Crippen LogP contribution is 2.26. The molecule has 4 nitrogen and oxygen atoms in total. The Kier molecular flexibility index (Phi) is 6.98. The van der Waals surface area contributed by atoms with Crippen LogP contribution in [0.1, 0.15) is 32.1 Å². The van der Waals surface area contributed by atoms with Gasteiger partial charge in [0, 0.05) is 0 Å². The van der Waals surface area contributed by atoms with E-state index in [1.807, 2.05) is 0 Å². The molecule has 0 aromatic rings. The van der Waals surface area contributed by atoms with Gasteiger partial charge in [-0.3, -0.25) is 0 Å². The Bertz CT molecular complexity index is 469. The second-order valence-electron chi connectivity index (χ2n) is 4.30. The highest BCUT2D eigenvalue weighted by molar-refractivity contribution is 7.92. The predicted molar refractivity (Wildman–Crippen MR) is 62.8 cm³/mol. The van der Waals surface area contributed by atoms with Gasteiger partial charge in [-0.2, -0.15) is 26.3 Å². The Labute approximate surface area is 118 Å². The van der Waals surface area contributed by atoms with Gasteiger partial charge in [-0.1, -0.05) is 19.3 Å². The largest absolute Gasteiger partial charge is 0.497 e. The predicted octanol–water partition coefficient (Wildman–Crippen LogP) is 2.81. The number of hydrogen-bond acceptors (Lipinski definition) is 4. The van der Waals surface area contributed by atoms with Crippen LogP contribution in [0, 0.1) is 0 Å². The molecule has 0 atom stereocenters. The van der Waals surface area contributed by atoms with Crippen molar-refractivity contribution in [1.82, 2.24) is 0 Å². The molecule has 0 aliphatic carbocycles. The van der Waals surface area contributed by atoms with E-state index in [1.165, 1.54) is 0 Å². The van der Waals surface area contributed by atoms with Gasteiger partial charge in [0.15, 0.2) is 0 Å². The first-order valence-electron chi connectivity index (χ1n) is 5.79. The van der Waals surface area contributed by atoms with Crippen LogP contribution >= 0.6 is 0 Å². The lowest BCUT2D eigenvalue weighted by Gasteiger charge is -2.08. The Morgan fingerprint density at radius 1 is 0.524 bits per heavy atom. The number of sulfone groups is 2. The van der Waals surface area contributed by atoms with E-state index in [-0.39, 0.29) is 32.1 Å². The maximum atomic E-state index is 11.9. The summed E-state index contributed by atoms with van der Waals surface area (Å²) in [4.78, 5) is 0. The lowest BCUT2D eigenvalue weighted by molar-refractivity contribution is -0.0441. The summed E-state index contributed by atoms with van der Waals surface area (Å²) in [5.41, 5.74) is -10.6. The molecule has 21 heavy (non-hydrogen) atoms. The van der Waals surface area contributed by atoms with Crippen molar-refractivity contribution in [3.63, 3.8) is 0 Å². The van der Waals surface area contributed by atoms with Gasteiger partial charge in [0.2, 0.25) is 19.7 Å². The van der Waals surface area contributed by atoms with E-state index >= 15 is 0 Å². The number of rotatable bonds is 8. The van der Waals surface area contributed by atoms with Crippen LogP contribution in [0.25, 0.3) is 0 Å². The summed E-state index contributed by atoms with van der Waals surface area (Å²) in [5, 5.41) is 0. The van der Waals surface area contributed by atoms with Crippen LogP contribution < -0.4 is 0 Å². The molecule has 0 N–H and O–H groups in total. The van der Waals surface area contributed by atoms with Gasteiger partial charge < -0.3 is 0 Å². The van der Waals surface area contributed by atoms with E-state index in [0.717, 1.165) is 0 Å². The van der Waals surface area contributed by atoms with Gasteiger partial charge in [0.1, 0.15) is 0 Å². The molecule has 0 saturated carbocycles. The summed E-state index contributed by atoms with van der Waals surface area (Å²) in [6, 6.07) is 0. The van der Waals surface area contributed by atoms with Crippen molar-refractivity contribution in [3.8, 4) is 0 Å². The molecule has 128 valence electrons. The van der Waals surface area contributed by atoms with Gasteiger partial charge in [0.05, 0.1) is 11.5 Å². The van der Waals surface area contributed by atoms with Crippen LogP contribution in [0.15, 0.2) is 0 Å². The molecule has 0 aliphatic rings. The van der Waals surface area contributed by atoms with Crippen molar-refractivity contribution in [3.05, 3.63) is 0 Å². The summed E-state index contributed by atoms with van der Waals surface area (Å²) in [6.07, 6.45) is -0.300. The molecule has 0 fully saturated rings. The molecule has 0 rings (SSSR count). The Balaban J connectivity index is 3.92. The zero-order chi connectivity index (χ0) is 16.9. The van der Waals surface area contributed by atoms with Gasteiger partial charge in [-0.05, 0) is 12.8 Å². The molecule has 0 bridgehead atoms. The minimum absolute atomic E-state index is 0.0569. The Morgan fingerprint density at radius 3 is 1.00 bits per heavy atom. The number of hydrogen-bond donors (Lipinski definition) is 0. The minimum Gasteiger partial charge on any atom is -0.220 e. The van der Waals surface area contributed by atoms with Crippen LogP contribution in [0.2, 0.25) is 0 Å². The molecule has 0 radical (unpaired) electrons. The molecule has 0 aromatic heterocycles. The zero-order valence-electron chi connectivity index (χ0n) is 10.7. The standard InChI is InChI=1S/C9H14F6O4S2/c10-8(11,12)20(16,17)6-4-2-1-3-5-7-21(18,19)9(13,14)15/h1-7H2. The fourth-order valence-corrected chi connectivity index (χ4v) is 2.98. The van der Waals surface area contributed by atoms with E-state index in [9.17, 15) is 43.2 Å². The van der Waals surface area contributed by atoms with Crippen molar-refractivity contribution >= 4 is 19.7 Å². The third kappa shape index (κ3) is 6.85. The first-order valence-corrected chi connectivity index (χ1v) is 9.09. The maximum Gasteiger partial charge on any atom is 0.497 e. The molecular weight excluding hydrogens is 350 g/mol. The summed E-state index contributed by atoms with van der Waals surface area (Å²) in [7, 11) is -10.4. The smallest absolute Gasteiger partial charge is 0.220 e. The number of halogens is 6. The van der Waals surface area contributed by atoms with Crippen LogP contribution in [-0.4, -0.2) is 39.4 Å². The second-order valence-corrected chi connectivity index (χ2v) is 8.50. The highest BCUT2D eigenvalue weighted by Gasteiger charge is 2.45. The normalized spacial score (nSPS) is 14.4. The van der Waals surface area contributed by atoms with E-state index < -0.39 is 42.2 Å². The minimum atomic E-state index is -5.31. The van der Waals surface area contributed by atoms with Crippen molar-refractivity contribution in [2.75, 3.05) is 11.5 Å². The highest BCUT2D eigenvalue weighted by atomic mass is 32.2. The fourth-order valence-electron chi connectivity index (χ4n) is 1.35. The molecular formula is C9H14F6O4S2. The Hall–Kier alpha value is -0.520. The lowest BCUT2D eigenvalue weighted by atomic mass is 10.2. The first kappa shape index (κ1) is 20.5. The van der Waals surface area contributed by atoms with E-state index in [0.29, 0.717) is 0 Å². The summed E-state index contributed by atoms with van der Waals surface area (Å²) >= 11 is 0. The van der Waals surface area contributed by atoms with E-state index in [4.69, 9.17) is 0 Å². The lowest BCUT2D eigenvalue weighted by Crippen LogP contribution is -2.26. The van der Waals surface area contributed by atoms with Gasteiger partial charge in [0.25, 0.3) is 0 Å². The molecule has 12 heteroatoms. The molecule has 0 unspecified atom stereocenters. The Morgan fingerprint density at radius 2 is 0.762 bits per heavy atom. The fraction of sp³-hybridized carbons (Fsp3) is 1.00. The molecule has 0 aliphatic heterocycles. The van der Waals surface area contributed by atoms with Gasteiger partial charge >= 0.3 is 11.0 Å². The zero-order valence-corrected chi connectivity index (χ0v) is 12.3. The molecule has 0 spiro atoms. The van der Waals surface area contributed by atoms with Crippen molar-refractivity contribution in [1.29, 1.82) is 0 Å². The SMILES string of the molecule is O=S(=O)(CCCCCCCS(=O)(=O)C(F)(F)F)C(F)(F)F. The number of unbranched alkanes of at least 4 members (excludes halogenated alkanes) is 4. The molecule has 0 saturated heterocycles. The van der Waals surface area contributed by atoms with Crippen LogP contribution in [-0.2, 0) is 19.7 Å². The van der Waals surface area contributed by atoms with Crippen LogP contribution in [0.3, 0.4) is 0 Å². The third-order valence-electron chi connectivity index (χ3n) is 2.53. The monoisotopic (exact) mass is 364 g/mol. The summed E-state index contributed by atoms with van der Waals surface area (Å²) in [5.74, 6) is -2.17. The quantitative estimate of drug-likeness (QED) is 0.491. The number of alkyl halides is 6. The van der Waals surface area contributed by atoms with E-state index in [1.54, 1.807) is 0 Å². The maximum absolute atomic E-state index is 11.9. The van der Waals surface area contributed by atoms with Crippen molar-refractivity contribution in [2.45, 2.75) is 43.1 Å². The van der Waals surface area contributed by atoms with Crippen LogP contribution in [0.5, 0.6) is 0 Å². The topological polar surface area (TPSA) is 68.3 Å². The van der Waals surface area contributed by atoms with Gasteiger partial charge in [-0.15, -0.1) is 0 Å². The first-order chi connectivity index (χ1) is 9.21. The summed E-state index contributed by atoms with van der Waals surface area (Å²) < 4.78 is 114. The summed E-state index contributed by atoms with van der Waals surface area (Å²) in [6.45, 7) is 0. The van der Waals surface area contributed by atoms with Crippen molar-refractivity contribution in [2.24, 2.45) is 0 Å². The van der Waals surface area contributed by atoms with Crippen LogP contribution in [0.4, 0.5) is 26.3 Å². The second kappa shape index (κ2) is 7.16. The molecule has 0 aromatic carbocycles. The third-order valence-corrected chi connectivity index (χ3v) is 5.59. The average molecular weight is 364 g/mol.